The van der Waals surface area contributed by atoms with E-state index in [0.717, 1.165) is 43.4 Å². The molecule has 1 aliphatic carbocycles. The van der Waals surface area contributed by atoms with Gasteiger partial charge in [0.15, 0.2) is 6.10 Å². The van der Waals surface area contributed by atoms with E-state index in [9.17, 15) is 18.3 Å². The highest BCUT2D eigenvalue weighted by atomic mass is 35.5. The largest absolute Gasteiger partial charge is 0.418 e. The highest BCUT2D eigenvalue weighted by Crippen LogP contribution is 2.52. The number of rotatable bonds is 2. The Kier molecular flexibility index (Phi) is 8.05. The molecule has 0 bridgehead atoms. The molecule has 1 N–H and O–H groups in total. The molecule has 5 atom stereocenters. The molecule has 0 spiro atoms. The minimum absolute atomic E-state index is 0.0388. The van der Waals surface area contributed by atoms with Gasteiger partial charge in [0, 0.05) is 32.6 Å². The summed E-state index contributed by atoms with van der Waals surface area (Å²) < 4.78 is 40.5. The van der Waals surface area contributed by atoms with Gasteiger partial charge in [-0.15, -0.1) is 0 Å². The fourth-order valence-corrected chi connectivity index (χ4v) is 7.08. The molecule has 35 heavy (non-hydrogen) atoms. The Morgan fingerprint density at radius 1 is 0.857 bits per heavy atom. The second kappa shape index (κ2) is 10.4. The van der Waals surface area contributed by atoms with Crippen LogP contribution in [0.25, 0.3) is 0 Å². The number of hydrogen-bond donors (Lipinski definition) is 1. The van der Waals surface area contributed by atoms with Crippen LogP contribution < -0.4 is 0 Å². The molecule has 9 heteroatoms. The summed E-state index contributed by atoms with van der Waals surface area (Å²) in [6, 6.07) is 6.02. The van der Waals surface area contributed by atoms with Crippen molar-refractivity contribution in [3.8, 4) is 0 Å². The Bertz CT molecular complexity index is 1130. The summed E-state index contributed by atoms with van der Waals surface area (Å²) in [6.07, 6.45) is -2.90. The molecule has 5 unspecified atom stereocenters. The molecule has 2 aromatic rings. The number of halogens is 7. The van der Waals surface area contributed by atoms with Crippen LogP contribution in [0.3, 0.4) is 0 Å². The van der Waals surface area contributed by atoms with Crippen molar-refractivity contribution in [2.24, 2.45) is 16.8 Å². The Morgan fingerprint density at radius 3 is 2.06 bits per heavy atom. The lowest BCUT2D eigenvalue weighted by atomic mass is 9.70. The lowest BCUT2D eigenvalue weighted by Crippen LogP contribution is -2.33. The van der Waals surface area contributed by atoms with Gasteiger partial charge in [-0.05, 0) is 59.6 Å². The second-order valence-corrected chi connectivity index (χ2v) is 11.2. The fourth-order valence-electron chi connectivity index (χ4n) is 5.77. The summed E-state index contributed by atoms with van der Waals surface area (Å²) in [4.78, 5) is 4.91. The number of aliphatic hydroxyl groups excluding tert-OH is 1. The van der Waals surface area contributed by atoms with Crippen molar-refractivity contribution in [3.05, 3.63) is 61.0 Å². The summed E-state index contributed by atoms with van der Waals surface area (Å²) in [5.41, 5.74) is 2.21. The zero-order chi connectivity index (χ0) is 25.7. The third-order valence-corrected chi connectivity index (χ3v) is 8.65. The normalized spacial score (nSPS) is 26.1. The molecule has 1 heterocycles. The van der Waals surface area contributed by atoms with Gasteiger partial charge in [-0.1, -0.05) is 85.6 Å². The predicted molar refractivity (Wildman–Crippen MR) is 138 cm³/mol. The van der Waals surface area contributed by atoms with E-state index in [-0.39, 0.29) is 34.3 Å². The van der Waals surface area contributed by atoms with Crippen LogP contribution in [0, 0.1) is 11.8 Å². The van der Waals surface area contributed by atoms with Gasteiger partial charge in [-0.3, -0.25) is 4.99 Å². The summed E-state index contributed by atoms with van der Waals surface area (Å²) >= 11 is 25.9. The van der Waals surface area contributed by atoms with E-state index in [0.29, 0.717) is 26.3 Å². The van der Waals surface area contributed by atoms with Gasteiger partial charge in [-0.25, -0.2) is 0 Å². The number of alkyl halides is 3. The van der Waals surface area contributed by atoms with E-state index in [2.05, 4.69) is 6.92 Å². The predicted octanol–water partition coefficient (Wildman–Crippen LogP) is 10.1. The van der Waals surface area contributed by atoms with E-state index < -0.39 is 12.3 Å². The third-order valence-electron chi connectivity index (χ3n) is 7.50. The van der Waals surface area contributed by atoms with Crippen molar-refractivity contribution in [1.82, 2.24) is 0 Å². The number of nitrogens with zero attached hydrogens (tertiary/aromatic N) is 1. The summed E-state index contributed by atoms with van der Waals surface area (Å²) in [7, 11) is 0. The maximum Gasteiger partial charge on any atom is 0.418 e. The van der Waals surface area contributed by atoms with Crippen LogP contribution >= 0.6 is 46.4 Å². The smallest absolute Gasteiger partial charge is 0.379 e. The number of aliphatic hydroxyl groups is 1. The molecule has 190 valence electrons. The van der Waals surface area contributed by atoms with E-state index in [1.165, 1.54) is 12.1 Å². The van der Waals surface area contributed by atoms with Crippen molar-refractivity contribution >= 4 is 57.8 Å². The quantitative estimate of drug-likeness (QED) is 0.385. The first-order chi connectivity index (χ1) is 16.4. The molecule has 2 aliphatic rings. The average molecular weight is 567 g/mol. The van der Waals surface area contributed by atoms with Crippen molar-refractivity contribution in [2.45, 2.75) is 70.1 Å². The molecule has 2 aromatic carbocycles. The molecule has 0 saturated heterocycles. The van der Waals surface area contributed by atoms with Crippen molar-refractivity contribution in [3.63, 3.8) is 0 Å². The number of aliphatic imine (C=N–C) groups is 1. The molecule has 1 saturated carbocycles. The van der Waals surface area contributed by atoms with Crippen LogP contribution in [0.1, 0.15) is 80.6 Å². The van der Waals surface area contributed by atoms with Crippen LogP contribution in [0.15, 0.2) is 29.3 Å². The Balaban J connectivity index is 1.88. The van der Waals surface area contributed by atoms with Crippen molar-refractivity contribution in [2.75, 3.05) is 0 Å². The summed E-state index contributed by atoms with van der Waals surface area (Å²) in [5, 5.41) is 11.8. The second-order valence-electron chi connectivity index (χ2n) is 9.59. The molecular weight excluding hydrogens is 541 g/mol. The Morgan fingerprint density at radius 2 is 1.46 bits per heavy atom. The highest BCUT2D eigenvalue weighted by Gasteiger charge is 2.44. The summed E-state index contributed by atoms with van der Waals surface area (Å²) in [5.74, 6) is -0.526. The average Bonchev–Trinajstić information content (AvgIpc) is 2.83. The lowest BCUT2D eigenvalue weighted by Gasteiger charge is -2.38. The Labute approximate surface area is 223 Å². The van der Waals surface area contributed by atoms with E-state index >= 15 is 0 Å². The minimum atomic E-state index is -4.79. The van der Waals surface area contributed by atoms with Gasteiger partial charge < -0.3 is 5.11 Å². The maximum absolute atomic E-state index is 13.5. The third kappa shape index (κ3) is 5.22. The molecule has 4 rings (SSSR count). The number of benzene rings is 2. The number of hydrogen-bond acceptors (Lipinski definition) is 2. The van der Waals surface area contributed by atoms with Crippen LogP contribution in [-0.4, -0.2) is 17.0 Å². The standard InChI is InChI=1S/C26H26Cl4F3NO/c1-12-16-7-5-3-4-6-15(22-19(29)10-14(27)11-20(22)30)13(2)23(16)34-24-18(28)9-8-17(21(12)24)25(35)26(31,32)33/h8-13,15-16,25,35H,3-7H2,1-2H3. The van der Waals surface area contributed by atoms with Gasteiger partial charge in [-0.2, -0.15) is 13.2 Å². The number of fused-ring (bicyclic) bond motifs is 2. The van der Waals surface area contributed by atoms with Crippen LogP contribution in [0.5, 0.6) is 0 Å². The van der Waals surface area contributed by atoms with Crippen LogP contribution in [0.4, 0.5) is 18.9 Å². The molecule has 1 aliphatic heterocycles. The summed E-state index contributed by atoms with van der Waals surface area (Å²) in [6.45, 7) is 3.98. The fraction of sp³-hybridized carbons (Fsp3) is 0.500. The van der Waals surface area contributed by atoms with Gasteiger partial charge in [0.1, 0.15) is 0 Å². The first-order valence-electron chi connectivity index (χ1n) is 11.7. The molecular formula is C26H26Cl4F3NO. The monoisotopic (exact) mass is 565 g/mol. The van der Waals surface area contributed by atoms with E-state index in [4.69, 9.17) is 51.4 Å². The molecule has 2 nitrogen and oxygen atoms in total. The van der Waals surface area contributed by atoms with Crippen molar-refractivity contribution in [1.29, 1.82) is 0 Å². The molecule has 1 fully saturated rings. The van der Waals surface area contributed by atoms with Gasteiger partial charge >= 0.3 is 6.18 Å². The van der Waals surface area contributed by atoms with E-state index in [1.54, 1.807) is 12.1 Å². The zero-order valence-corrected chi connectivity index (χ0v) is 22.3. The van der Waals surface area contributed by atoms with E-state index in [1.807, 2.05) is 6.92 Å². The van der Waals surface area contributed by atoms with Gasteiger partial charge in [0.25, 0.3) is 0 Å². The Hall–Kier alpha value is -0.980. The van der Waals surface area contributed by atoms with Gasteiger partial charge in [0.2, 0.25) is 0 Å². The topological polar surface area (TPSA) is 32.6 Å². The zero-order valence-electron chi connectivity index (χ0n) is 19.3. The SMILES string of the molecule is CC1C2=Nc3c(Cl)ccc(C(O)C(F)(F)F)c3C(C)C2CCCCCC1c1c(Cl)cc(Cl)cc1Cl. The maximum atomic E-state index is 13.5. The first-order valence-corrected chi connectivity index (χ1v) is 13.2. The van der Waals surface area contributed by atoms with Gasteiger partial charge in [0.05, 0.1) is 10.7 Å². The highest BCUT2D eigenvalue weighted by molar-refractivity contribution is 6.39. The lowest BCUT2D eigenvalue weighted by molar-refractivity contribution is -0.207. The van der Waals surface area contributed by atoms with Crippen LogP contribution in [0.2, 0.25) is 20.1 Å². The molecule has 0 amide bonds. The molecule has 0 radical (unpaired) electrons. The van der Waals surface area contributed by atoms with Crippen LogP contribution in [-0.2, 0) is 0 Å². The minimum Gasteiger partial charge on any atom is -0.379 e. The molecule has 0 aromatic heterocycles. The first kappa shape index (κ1) is 27.1. The van der Waals surface area contributed by atoms with Crippen molar-refractivity contribution < 1.29 is 18.3 Å².